The molecule has 1 fully saturated rings. The number of hydrogen-bond donors (Lipinski definition) is 1. The van der Waals surface area contributed by atoms with Crippen molar-refractivity contribution in [3.8, 4) is 0 Å². The van der Waals surface area contributed by atoms with E-state index in [9.17, 15) is 4.79 Å². The zero-order valence-electron chi connectivity index (χ0n) is 19.6. The number of nitrogens with zero attached hydrogens (tertiary/aromatic N) is 3. The number of aryl methyl sites for hydroxylation is 2. The van der Waals surface area contributed by atoms with E-state index in [0.717, 1.165) is 53.7 Å². The predicted octanol–water partition coefficient (Wildman–Crippen LogP) is 3.97. The Labute approximate surface area is 199 Å². The lowest BCUT2D eigenvalue weighted by atomic mass is 9.99. The summed E-state index contributed by atoms with van der Waals surface area (Å²) >= 11 is 1.69. The van der Waals surface area contributed by atoms with Crippen LogP contribution in [0.5, 0.6) is 0 Å². The summed E-state index contributed by atoms with van der Waals surface area (Å²) in [7, 11) is 0. The van der Waals surface area contributed by atoms with Crippen molar-refractivity contribution in [3.05, 3.63) is 52.2 Å². The Morgan fingerprint density at radius 1 is 1.21 bits per heavy atom. The molecule has 0 saturated carbocycles. The molecule has 1 saturated heterocycles. The smallest absolute Gasteiger partial charge is 0.311 e. The molecule has 1 atom stereocenters. The van der Waals surface area contributed by atoms with Gasteiger partial charge < -0.3 is 14.8 Å². The van der Waals surface area contributed by atoms with Crippen LogP contribution in [-0.2, 0) is 27.2 Å². The van der Waals surface area contributed by atoms with E-state index in [4.69, 9.17) is 19.4 Å². The zero-order chi connectivity index (χ0) is 23.2. The number of anilines is 1. The maximum absolute atomic E-state index is 12.7. The minimum Gasteiger partial charge on any atom is -0.466 e. The second-order valence-corrected chi connectivity index (χ2v) is 9.56. The number of aromatic nitrogens is 2. The minimum absolute atomic E-state index is 0.189. The third-order valence-corrected chi connectivity index (χ3v) is 7.11. The molecule has 33 heavy (non-hydrogen) atoms. The van der Waals surface area contributed by atoms with E-state index < -0.39 is 0 Å². The number of fused-ring (bicyclic) bond motifs is 1. The van der Waals surface area contributed by atoms with Gasteiger partial charge in [0.15, 0.2) is 0 Å². The van der Waals surface area contributed by atoms with Crippen molar-refractivity contribution in [2.45, 2.75) is 33.7 Å². The third kappa shape index (κ3) is 5.88. The number of rotatable bonds is 9. The van der Waals surface area contributed by atoms with Crippen LogP contribution in [0.15, 0.2) is 30.3 Å². The van der Waals surface area contributed by atoms with Gasteiger partial charge in [0, 0.05) is 24.5 Å². The molecule has 1 N–H and O–H groups in total. The van der Waals surface area contributed by atoms with Crippen LogP contribution in [0.1, 0.15) is 28.8 Å². The molecular formula is C25H32N4O3S. The first kappa shape index (κ1) is 23.6. The van der Waals surface area contributed by atoms with Gasteiger partial charge in [-0.2, -0.15) is 0 Å². The van der Waals surface area contributed by atoms with E-state index in [0.29, 0.717) is 26.1 Å². The maximum Gasteiger partial charge on any atom is 0.311 e. The van der Waals surface area contributed by atoms with Gasteiger partial charge in [0.1, 0.15) is 16.5 Å². The summed E-state index contributed by atoms with van der Waals surface area (Å²) < 4.78 is 10.8. The first-order chi connectivity index (χ1) is 16.0. The monoisotopic (exact) mass is 468 g/mol. The van der Waals surface area contributed by atoms with Crippen LogP contribution in [-0.4, -0.2) is 60.3 Å². The lowest BCUT2D eigenvalue weighted by Crippen LogP contribution is -2.36. The van der Waals surface area contributed by atoms with Gasteiger partial charge >= 0.3 is 5.97 Å². The van der Waals surface area contributed by atoms with Crippen LogP contribution in [0, 0.1) is 19.8 Å². The summed E-state index contributed by atoms with van der Waals surface area (Å²) in [4.78, 5) is 27.0. The lowest BCUT2D eigenvalue weighted by molar-refractivity contribution is -0.147. The molecule has 1 aliphatic rings. The molecule has 1 unspecified atom stereocenters. The van der Waals surface area contributed by atoms with E-state index >= 15 is 0 Å². The standard InChI is InChI=1S/C25H32N4O3S/c1-4-32-25(30)20(14-19-8-6-5-7-9-19)15-26-23-22-17(2)18(3)33-24(22)28-21(27-23)16-29-10-12-31-13-11-29/h5-9,20H,4,10-16H2,1-3H3,(H,26,27,28). The van der Waals surface area contributed by atoms with Crippen LogP contribution >= 0.6 is 11.3 Å². The molecule has 0 spiro atoms. The van der Waals surface area contributed by atoms with Crippen molar-refractivity contribution in [1.82, 2.24) is 14.9 Å². The van der Waals surface area contributed by atoms with E-state index in [2.05, 4.69) is 24.1 Å². The second-order valence-electron chi connectivity index (χ2n) is 8.36. The number of benzene rings is 1. The number of ether oxygens (including phenoxy) is 2. The number of nitrogens with one attached hydrogen (secondary N) is 1. The quantitative estimate of drug-likeness (QED) is 0.476. The minimum atomic E-state index is -0.305. The Morgan fingerprint density at radius 2 is 1.97 bits per heavy atom. The van der Waals surface area contributed by atoms with E-state index in [1.165, 1.54) is 10.4 Å². The Hall–Kier alpha value is -2.55. The molecule has 8 heteroatoms. The van der Waals surface area contributed by atoms with Crippen molar-refractivity contribution in [2.24, 2.45) is 5.92 Å². The number of hydrogen-bond acceptors (Lipinski definition) is 8. The van der Waals surface area contributed by atoms with Gasteiger partial charge in [-0.1, -0.05) is 30.3 Å². The molecule has 3 aromatic rings. The van der Waals surface area contributed by atoms with Crippen molar-refractivity contribution >= 4 is 33.3 Å². The topological polar surface area (TPSA) is 76.6 Å². The molecule has 3 heterocycles. The van der Waals surface area contributed by atoms with Gasteiger partial charge in [0.2, 0.25) is 0 Å². The second kappa shape index (κ2) is 11.0. The molecule has 1 aromatic carbocycles. The summed E-state index contributed by atoms with van der Waals surface area (Å²) in [5.41, 5.74) is 2.30. The highest BCUT2D eigenvalue weighted by Gasteiger charge is 2.23. The summed E-state index contributed by atoms with van der Waals surface area (Å²) in [6, 6.07) is 10.1. The van der Waals surface area contributed by atoms with Gasteiger partial charge in [0.25, 0.3) is 0 Å². The van der Waals surface area contributed by atoms with Gasteiger partial charge in [-0.25, -0.2) is 9.97 Å². The van der Waals surface area contributed by atoms with Gasteiger partial charge in [-0.3, -0.25) is 9.69 Å². The average molecular weight is 469 g/mol. The molecule has 4 rings (SSSR count). The molecule has 0 aliphatic carbocycles. The average Bonchev–Trinajstić information content (AvgIpc) is 3.11. The summed E-state index contributed by atoms with van der Waals surface area (Å²) in [5.74, 6) is 1.10. The zero-order valence-corrected chi connectivity index (χ0v) is 20.4. The predicted molar refractivity (Wildman–Crippen MR) is 132 cm³/mol. The summed E-state index contributed by atoms with van der Waals surface area (Å²) in [5, 5.41) is 4.54. The Balaban J connectivity index is 1.58. The third-order valence-electron chi connectivity index (χ3n) is 6.00. The number of carbonyl (C=O) groups is 1. The molecule has 0 amide bonds. The van der Waals surface area contributed by atoms with Crippen LogP contribution < -0.4 is 5.32 Å². The van der Waals surface area contributed by atoms with E-state index in [1.807, 2.05) is 37.3 Å². The highest BCUT2D eigenvalue weighted by Crippen LogP contribution is 2.33. The van der Waals surface area contributed by atoms with Gasteiger partial charge in [-0.05, 0) is 38.3 Å². The Kier molecular flexibility index (Phi) is 7.90. The van der Waals surface area contributed by atoms with Gasteiger partial charge in [0.05, 0.1) is 37.7 Å². The van der Waals surface area contributed by atoms with E-state index in [1.54, 1.807) is 11.3 Å². The number of morpholine rings is 1. The van der Waals surface area contributed by atoms with Crippen LogP contribution in [0.2, 0.25) is 0 Å². The van der Waals surface area contributed by atoms with Gasteiger partial charge in [-0.15, -0.1) is 11.3 Å². The number of thiophene rings is 1. The van der Waals surface area contributed by atoms with Crippen molar-refractivity contribution in [1.29, 1.82) is 0 Å². The fourth-order valence-corrected chi connectivity index (χ4v) is 5.12. The number of carbonyl (C=O) groups excluding carboxylic acids is 1. The Morgan fingerprint density at radius 3 is 2.70 bits per heavy atom. The fourth-order valence-electron chi connectivity index (χ4n) is 4.07. The Bertz CT molecular complexity index is 1080. The van der Waals surface area contributed by atoms with Crippen molar-refractivity contribution < 1.29 is 14.3 Å². The van der Waals surface area contributed by atoms with Crippen LogP contribution in [0.25, 0.3) is 10.2 Å². The lowest BCUT2D eigenvalue weighted by Gasteiger charge is -2.26. The van der Waals surface area contributed by atoms with E-state index in [-0.39, 0.29) is 11.9 Å². The SMILES string of the molecule is CCOC(=O)C(CNc1nc(CN2CCOCC2)nc2sc(C)c(C)c12)Cc1ccccc1. The maximum atomic E-state index is 12.7. The molecule has 2 aromatic heterocycles. The highest BCUT2D eigenvalue weighted by atomic mass is 32.1. The largest absolute Gasteiger partial charge is 0.466 e. The first-order valence-corrected chi connectivity index (χ1v) is 12.4. The number of esters is 1. The molecule has 0 radical (unpaired) electrons. The highest BCUT2D eigenvalue weighted by molar-refractivity contribution is 7.18. The fraction of sp³-hybridized carbons (Fsp3) is 0.480. The summed E-state index contributed by atoms with van der Waals surface area (Å²) in [6.45, 7) is 10.8. The molecule has 0 bridgehead atoms. The molecular weight excluding hydrogens is 436 g/mol. The molecule has 176 valence electrons. The summed E-state index contributed by atoms with van der Waals surface area (Å²) in [6.07, 6.45) is 0.614. The molecule has 1 aliphatic heterocycles. The van der Waals surface area contributed by atoms with Crippen LogP contribution in [0.4, 0.5) is 5.82 Å². The van der Waals surface area contributed by atoms with Crippen LogP contribution in [0.3, 0.4) is 0 Å². The van der Waals surface area contributed by atoms with Crippen molar-refractivity contribution in [3.63, 3.8) is 0 Å². The first-order valence-electron chi connectivity index (χ1n) is 11.6. The molecule has 7 nitrogen and oxygen atoms in total. The van der Waals surface area contributed by atoms with Crippen molar-refractivity contribution in [2.75, 3.05) is 44.8 Å². The normalized spacial score (nSPS) is 15.5.